The predicted molar refractivity (Wildman–Crippen MR) is 80.6 cm³/mol. The molecule has 1 saturated heterocycles. The van der Waals surface area contributed by atoms with Gasteiger partial charge in [-0.3, -0.25) is 0 Å². The van der Waals surface area contributed by atoms with Gasteiger partial charge in [0.1, 0.15) is 0 Å². The summed E-state index contributed by atoms with van der Waals surface area (Å²) in [4.78, 5) is 0.323. The van der Waals surface area contributed by atoms with E-state index < -0.39 is 10.0 Å². The van der Waals surface area contributed by atoms with E-state index in [2.05, 4.69) is 0 Å². The lowest BCUT2D eigenvalue weighted by molar-refractivity contribution is 0.0752. The van der Waals surface area contributed by atoms with E-state index in [1.807, 2.05) is 19.1 Å². The van der Waals surface area contributed by atoms with Gasteiger partial charge in [0.25, 0.3) is 0 Å². The highest BCUT2D eigenvalue weighted by atomic mass is 32.2. The number of sulfonamides is 1. The molecule has 6 heteroatoms. The molecule has 0 saturated carbocycles. The normalized spacial score (nSPS) is 21.1. The molecule has 0 aromatic heterocycles. The minimum atomic E-state index is -3.45. The summed E-state index contributed by atoms with van der Waals surface area (Å²) in [6.07, 6.45) is 2.09. The topological polar surface area (TPSA) is 66.8 Å². The Morgan fingerprint density at radius 2 is 2.05 bits per heavy atom. The smallest absolute Gasteiger partial charge is 0.243 e. The molecule has 5 nitrogen and oxygen atoms in total. The maximum atomic E-state index is 12.6. The number of aliphatic hydroxyl groups is 1. The van der Waals surface area contributed by atoms with E-state index in [1.165, 1.54) is 4.31 Å². The van der Waals surface area contributed by atoms with Crippen molar-refractivity contribution in [2.24, 2.45) is 0 Å². The molecule has 1 aliphatic heterocycles. The largest absolute Gasteiger partial charge is 0.396 e. The molecule has 1 atom stereocenters. The van der Waals surface area contributed by atoms with E-state index in [-0.39, 0.29) is 12.7 Å². The fourth-order valence-corrected chi connectivity index (χ4v) is 3.99. The summed E-state index contributed by atoms with van der Waals surface area (Å²) < 4.78 is 32.3. The molecule has 118 valence electrons. The van der Waals surface area contributed by atoms with Crippen LogP contribution in [0.25, 0.3) is 0 Å². The van der Waals surface area contributed by atoms with E-state index >= 15 is 0 Å². The summed E-state index contributed by atoms with van der Waals surface area (Å²) in [5, 5.41) is 8.82. The van der Waals surface area contributed by atoms with Gasteiger partial charge >= 0.3 is 0 Å². The third-order valence-corrected chi connectivity index (χ3v) is 5.48. The van der Waals surface area contributed by atoms with Crippen molar-refractivity contribution in [1.29, 1.82) is 0 Å². The van der Waals surface area contributed by atoms with E-state index in [0.29, 0.717) is 31.0 Å². The Bertz CT molecular complexity index is 541. The number of nitrogens with zero attached hydrogens (tertiary/aromatic N) is 1. The Balaban J connectivity index is 2.14. The number of hydrogen-bond donors (Lipinski definition) is 1. The molecule has 0 spiro atoms. The molecule has 1 aromatic carbocycles. The van der Waals surface area contributed by atoms with Crippen LogP contribution in [0.2, 0.25) is 0 Å². The lowest BCUT2D eigenvalue weighted by atomic mass is 10.1. The minimum absolute atomic E-state index is 0.0777. The fourth-order valence-electron chi connectivity index (χ4n) is 2.43. The third-order valence-electron chi connectivity index (χ3n) is 3.60. The second kappa shape index (κ2) is 7.35. The van der Waals surface area contributed by atoms with E-state index in [9.17, 15) is 8.42 Å². The van der Waals surface area contributed by atoms with Crippen LogP contribution in [0.1, 0.15) is 25.3 Å². The zero-order valence-electron chi connectivity index (χ0n) is 12.4. The van der Waals surface area contributed by atoms with Crippen LogP contribution in [0.5, 0.6) is 0 Å². The van der Waals surface area contributed by atoms with E-state index in [4.69, 9.17) is 9.84 Å². The summed E-state index contributed by atoms with van der Waals surface area (Å²) >= 11 is 0. The molecule has 1 heterocycles. The van der Waals surface area contributed by atoms with Gasteiger partial charge in [0.15, 0.2) is 0 Å². The molecule has 0 bridgehead atoms. The molecule has 1 aromatic rings. The molecule has 1 aliphatic rings. The Morgan fingerprint density at radius 1 is 1.33 bits per heavy atom. The summed E-state index contributed by atoms with van der Waals surface area (Å²) in [7, 11) is -3.45. The van der Waals surface area contributed by atoms with Crippen LogP contribution in [-0.2, 0) is 21.2 Å². The van der Waals surface area contributed by atoms with Crippen molar-refractivity contribution in [3.63, 3.8) is 0 Å². The summed E-state index contributed by atoms with van der Waals surface area (Å²) in [6.45, 7) is 3.54. The average Bonchev–Trinajstić information content (AvgIpc) is 2.70. The second-order valence-corrected chi connectivity index (χ2v) is 7.31. The summed E-state index contributed by atoms with van der Waals surface area (Å²) in [6, 6.07) is 6.94. The standard InChI is InChI=1S/C15H23NO4S/c1-13-12-16(9-3-11-20-13)21(18,19)15-7-5-14(6-8-15)4-2-10-17/h5-8,13,17H,2-4,9-12H2,1H3. The van der Waals surface area contributed by atoms with Crippen molar-refractivity contribution < 1.29 is 18.3 Å². The van der Waals surface area contributed by atoms with E-state index in [0.717, 1.165) is 18.4 Å². The second-order valence-electron chi connectivity index (χ2n) is 5.37. The number of aliphatic hydroxyl groups excluding tert-OH is 1. The molecule has 1 fully saturated rings. The quantitative estimate of drug-likeness (QED) is 0.892. The number of rotatable bonds is 5. The SMILES string of the molecule is CC1CN(S(=O)(=O)c2ccc(CCCO)cc2)CCCO1. The number of benzene rings is 1. The molecule has 21 heavy (non-hydrogen) atoms. The van der Waals surface area contributed by atoms with Gasteiger partial charge in [-0.15, -0.1) is 0 Å². The third kappa shape index (κ3) is 4.26. The van der Waals surface area contributed by atoms with Crippen molar-refractivity contribution >= 4 is 10.0 Å². The van der Waals surface area contributed by atoms with Gasteiger partial charge in [-0.2, -0.15) is 4.31 Å². The number of hydrogen-bond acceptors (Lipinski definition) is 4. The van der Waals surface area contributed by atoms with Crippen molar-refractivity contribution in [1.82, 2.24) is 4.31 Å². The van der Waals surface area contributed by atoms with Crippen LogP contribution in [0.15, 0.2) is 29.2 Å². The molecule has 1 N–H and O–H groups in total. The van der Waals surface area contributed by atoms with Crippen LogP contribution in [0, 0.1) is 0 Å². The summed E-state index contributed by atoms with van der Waals surface area (Å²) in [5.41, 5.74) is 1.04. The first-order valence-electron chi connectivity index (χ1n) is 7.35. The van der Waals surface area contributed by atoms with Crippen LogP contribution in [0.3, 0.4) is 0 Å². The van der Waals surface area contributed by atoms with Gasteiger partial charge in [-0.1, -0.05) is 12.1 Å². The van der Waals surface area contributed by atoms with Crippen molar-refractivity contribution in [3.8, 4) is 0 Å². The highest BCUT2D eigenvalue weighted by molar-refractivity contribution is 7.89. The molecular formula is C15H23NO4S. The first kappa shape index (κ1) is 16.4. The van der Waals surface area contributed by atoms with Crippen molar-refractivity contribution in [2.75, 3.05) is 26.3 Å². The van der Waals surface area contributed by atoms with Gasteiger partial charge in [0, 0.05) is 26.3 Å². The number of ether oxygens (including phenoxy) is 1. The molecule has 1 unspecified atom stereocenters. The van der Waals surface area contributed by atoms with Gasteiger partial charge < -0.3 is 9.84 Å². The Labute approximate surface area is 126 Å². The molecule has 0 aliphatic carbocycles. The van der Waals surface area contributed by atoms with Gasteiger partial charge in [-0.25, -0.2) is 8.42 Å². The van der Waals surface area contributed by atoms with E-state index in [1.54, 1.807) is 12.1 Å². The summed E-state index contributed by atoms with van der Waals surface area (Å²) in [5.74, 6) is 0. The number of aryl methyl sites for hydroxylation is 1. The highest BCUT2D eigenvalue weighted by Crippen LogP contribution is 2.19. The van der Waals surface area contributed by atoms with Gasteiger partial charge in [0.2, 0.25) is 10.0 Å². The minimum Gasteiger partial charge on any atom is -0.396 e. The Morgan fingerprint density at radius 3 is 2.71 bits per heavy atom. The van der Waals surface area contributed by atoms with Crippen LogP contribution >= 0.6 is 0 Å². The Kier molecular flexibility index (Phi) is 5.75. The zero-order valence-corrected chi connectivity index (χ0v) is 13.2. The van der Waals surface area contributed by atoms with Crippen LogP contribution < -0.4 is 0 Å². The fraction of sp³-hybridized carbons (Fsp3) is 0.600. The average molecular weight is 313 g/mol. The van der Waals surface area contributed by atoms with Gasteiger partial charge in [-0.05, 0) is 43.9 Å². The predicted octanol–water partition coefficient (Wildman–Crippen LogP) is 1.41. The molecule has 0 amide bonds. The highest BCUT2D eigenvalue weighted by Gasteiger charge is 2.27. The van der Waals surface area contributed by atoms with Crippen molar-refractivity contribution in [3.05, 3.63) is 29.8 Å². The van der Waals surface area contributed by atoms with Crippen LogP contribution in [0.4, 0.5) is 0 Å². The lowest BCUT2D eigenvalue weighted by Crippen LogP contribution is -2.35. The zero-order chi connectivity index (χ0) is 15.3. The monoisotopic (exact) mass is 313 g/mol. The lowest BCUT2D eigenvalue weighted by Gasteiger charge is -2.21. The van der Waals surface area contributed by atoms with Gasteiger partial charge in [0.05, 0.1) is 11.0 Å². The molecule has 2 rings (SSSR count). The maximum absolute atomic E-state index is 12.6. The first-order chi connectivity index (χ1) is 10.0. The van der Waals surface area contributed by atoms with Crippen LogP contribution in [-0.4, -0.2) is 50.2 Å². The van der Waals surface area contributed by atoms with Crippen molar-refractivity contribution in [2.45, 2.75) is 37.2 Å². The maximum Gasteiger partial charge on any atom is 0.243 e. The Hall–Kier alpha value is -0.950. The first-order valence-corrected chi connectivity index (χ1v) is 8.79. The molecular weight excluding hydrogens is 290 g/mol. The molecule has 0 radical (unpaired) electrons.